The summed E-state index contributed by atoms with van der Waals surface area (Å²) in [6, 6.07) is 41.3. The van der Waals surface area contributed by atoms with Crippen LogP contribution >= 0.6 is 0 Å². The van der Waals surface area contributed by atoms with E-state index in [1.807, 2.05) is 122 Å². The van der Waals surface area contributed by atoms with Gasteiger partial charge in [0.15, 0.2) is 5.65 Å². The number of imidazole rings is 2. The van der Waals surface area contributed by atoms with E-state index in [-0.39, 0.29) is 0 Å². The molecule has 5 aromatic carbocycles. The number of aromatic nitrogens is 8. The lowest BCUT2D eigenvalue weighted by atomic mass is 10.1. The van der Waals surface area contributed by atoms with Gasteiger partial charge < -0.3 is 9.13 Å². The molecule has 0 saturated heterocycles. The van der Waals surface area contributed by atoms with Crippen LogP contribution in [0.3, 0.4) is 0 Å². The molecule has 11 aromatic rings. The van der Waals surface area contributed by atoms with Gasteiger partial charge in [0.2, 0.25) is 0 Å². The summed E-state index contributed by atoms with van der Waals surface area (Å²) in [5.74, 6) is 0.356. The third-order valence-corrected chi connectivity index (χ3v) is 16.7. The molecule has 0 saturated carbocycles. The fourth-order valence-electron chi connectivity index (χ4n) is 11.6. The van der Waals surface area contributed by atoms with E-state index in [4.69, 9.17) is 0 Å². The first-order chi connectivity index (χ1) is 44.3. The normalized spacial score (nSPS) is 13.2. The van der Waals surface area contributed by atoms with Crippen molar-refractivity contribution in [1.29, 1.82) is 0 Å². The van der Waals surface area contributed by atoms with Crippen molar-refractivity contribution in [3.63, 3.8) is 0 Å². The lowest BCUT2D eigenvalue weighted by Gasteiger charge is -2.00. The van der Waals surface area contributed by atoms with Gasteiger partial charge in [-0.25, -0.2) is 15.0 Å². The van der Waals surface area contributed by atoms with Crippen LogP contribution < -0.4 is 0 Å². The summed E-state index contributed by atoms with van der Waals surface area (Å²) in [4.78, 5) is 48.5. The lowest BCUT2D eigenvalue weighted by molar-refractivity contribution is -0.117. The number of Topliss-reactive ketones (excluding diaryl/α,β-unsaturated/α-hetero) is 1. The summed E-state index contributed by atoms with van der Waals surface area (Å²) < 4.78 is 3.96. The highest BCUT2D eigenvalue weighted by atomic mass is 16.1. The highest BCUT2D eigenvalue weighted by molar-refractivity contribution is 5.89. The molecule has 0 radical (unpaired) electrons. The Kier molecular flexibility index (Phi) is 21.4. The number of ketones is 1. The van der Waals surface area contributed by atoms with Crippen LogP contribution in [0, 0.1) is 48.5 Å². The molecule has 7 aliphatic rings. The van der Waals surface area contributed by atoms with Gasteiger partial charge in [-0.15, -0.1) is 0 Å². The molecular weight excluding hydrogens is 1120 g/mol. The zero-order valence-electron chi connectivity index (χ0n) is 53.8. The van der Waals surface area contributed by atoms with Gasteiger partial charge in [0.25, 0.3) is 0 Å². The Labute approximate surface area is 535 Å². The van der Waals surface area contributed by atoms with Crippen LogP contribution in [-0.4, -0.2) is 63.5 Å². The number of hydrogen-bond acceptors (Lipinski definition) is 10. The SMILES string of the molecule is Cc1cccc2c1C=CC2.Cc1cccc2c1C=NC2.Cc1cccc2c1CC(=O)C2.Cc1cccc2c1N=CC2.Cc1ccnc2c1C=CC2.Cc1ccnc2c1C=NC2.Cc1cncc2c1C=CC2.Cn1cnc2ccccc21.Cn1cnc2ncccc21. The number of benzene rings is 5. The molecule has 9 heterocycles. The number of carbonyl (C=O) groups is 1. The first-order valence-corrected chi connectivity index (χ1v) is 31.1. The molecule has 0 atom stereocenters. The van der Waals surface area contributed by atoms with E-state index in [1.54, 1.807) is 12.5 Å². The Morgan fingerprint density at radius 3 is 1.70 bits per heavy atom. The van der Waals surface area contributed by atoms with Gasteiger partial charge in [-0.05, 0) is 187 Å². The average Bonchev–Trinajstić information content (AvgIpc) is 4.33. The van der Waals surface area contributed by atoms with E-state index in [2.05, 4.69) is 203 Å². The predicted molar refractivity (Wildman–Crippen MR) is 376 cm³/mol. The Morgan fingerprint density at radius 2 is 1.00 bits per heavy atom. The Morgan fingerprint density at radius 1 is 0.407 bits per heavy atom. The van der Waals surface area contributed by atoms with E-state index in [0.29, 0.717) is 18.6 Å². The topological polar surface area (TPSA) is 141 Å². The summed E-state index contributed by atoms with van der Waals surface area (Å²) in [7, 11) is 3.95. The van der Waals surface area contributed by atoms with Crippen LogP contribution in [0.2, 0.25) is 0 Å². The van der Waals surface area contributed by atoms with Crippen molar-refractivity contribution < 1.29 is 4.79 Å². The van der Waals surface area contributed by atoms with Gasteiger partial charge in [0.1, 0.15) is 5.78 Å². The van der Waals surface area contributed by atoms with E-state index < -0.39 is 0 Å². The smallest absolute Gasteiger partial charge is 0.177 e. The van der Waals surface area contributed by atoms with E-state index in [0.717, 1.165) is 61.1 Å². The molecule has 0 amide bonds. The van der Waals surface area contributed by atoms with Gasteiger partial charge >= 0.3 is 0 Å². The summed E-state index contributed by atoms with van der Waals surface area (Å²) >= 11 is 0. The Hall–Kier alpha value is -10.5. The molecular formula is C79H79N11O. The maximum Gasteiger partial charge on any atom is 0.177 e. The molecule has 6 aromatic heterocycles. The van der Waals surface area contributed by atoms with Crippen molar-refractivity contribution in [2.24, 2.45) is 29.1 Å². The minimum atomic E-state index is 0.356. The number of carbonyl (C=O) groups excluding carboxylic acids is 1. The van der Waals surface area contributed by atoms with Crippen molar-refractivity contribution in [1.82, 2.24) is 39.0 Å². The van der Waals surface area contributed by atoms with Gasteiger partial charge in [-0.2, -0.15) is 0 Å². The van der Waals surface area contributed by atoms with E-state index in [1.165, 1.54) is 117 Å². The molecule has 12 heteroatoms. The minimum absolute atomic E-state index is 0.356. The number of nitrogens with zero attached hydrogens (tertiary/aromatic N) is 11. The monoisotopic (exact) mass is 1200 g/mol. The van der Waals surface area contributed by atoms with E-state index >= 15 is 0 Å². The largest absolute Gasteiger partial charge is 0.334 e. The lowest BCUT2D eigenvalue weighted by Crippen LogP contribution is -1.93. The Bertz CT molecular complexity index is 4020. The second kappa shape index (κ2) is 30.6. The van der Waals surface area contributed by atoms with Crippen LogP contribution in [0.1, 0.15) is 112 Å². The van der Waals surface area contributed by atoms with Gasteiger partial charge in [-0.3, -0.25) is 34.7 Å². The van der Waals surface area contributed by atoms with E-state index in [9.17, 15) is 4.79 Å². The number of aryl methyl sites for hydroxylation is 9. The number of hydrogen-bond donors (Lipinski definition) is 0. The predicted octanol–water partition coefficient (Wildman–Crippen LogP) is 16.2. The fourth-order valence-corrected chi connectivity index (χ4v) is 11.6. The number of rotatable bonds is 0. The summed E-state index contributed by atoms with van der Waals surface area (Å²) in [6.45, 7) is 16.4. The summed E-state index contributed by atoms with van der Waals surface area (Å²) in [6.07, 6.45) is 37.3. The van der Waals surface area contributed by atoms with Crippen LogP contribution in [0.4, 0.5) is 5.69 Å². The molecule has 0 unspecified atom stereocenters. The summed E-state index contributed by atoms with van der Waals surface area (Å²) in [5, 5.41) is 0. The molecule has 456 valence electrons. The van der Waals surface area contributed by atoms with Crippen LogP contribution in [0.25, 0.3) is 40.4 Å². The van der Waals surface area contributed by atoms with Crippen molar-refractivity contribution in [3.8, 4) is 0 Å². The van der Waals surface area contributed by atoms with Gasteiger partial charge in [0, 0.05) is 101 Å². The van der Waals surface area contributed by atoms with Gasteiger partial charge in [0.05, 0.1) is 59.4 Å². The molecule has 18 rings (SSSR count). The Balaban J connectivity index is 0.000000112. The molecule has 12 nitrogen and oxygen atoms in total. The average molecular weight is 1200 g/mol. The minimum Gasteiger partial charge on any atom is -0.334 e. The quantitative estimate of drug-likeness (QED) is 0.147. The summed E-state index contributed by atoms with van der Waals surface area (Å²) in [5.41, 5.74) is 31.5. The van der Waals surface area contributed by atoms with Crippen molar-refractivity contribution in [3.05, 3.63) is 295 Å². The maximum atomic E-state index is 11.1. The highest BCUT2D eigenvalue weighted by Crippen LogP contribution is 2.28. The molecule has 0 N–H and O–H groups in total. The highest BCUT2D eigenvalue weighted by Gasteiger charge is 2.19. The zero-order chi connectivity index (χ0) is 63.6. The fraction of sp³-hybridized carbons (Fsp3) is 0.215. The van der Waals surface area contributed by atoms with Crippen molar-refractivity contribution in [2.75, 3.05) is 0 Å². The molecule has 0 fully saturated rings. The third kappa shape index (κ3) is 16.3. The number of allylic oxidation sites excluding steroid dienone is 3. The number of fused-ring (bicyclic) bond motifs is 9. The molecule has 0 bridgehead atoms. The van der Waals surface area contributed by atoms with Crippen LogP contribution in [0.15, 0.2) is 198 Å². The first kappa shape index (κ1) is 63.6. The first-order valence-electron chi connectivity index (χ1n) is 31.1. The second-order valence-corrected chi connectivity index (χ2v) is 23.3. The second-order valence-electron chi connectivity index (χ2n) is 23.3. The third-order valence-electron chi connectivity index (χ3n) is 16.7. The number of para-hydroxylation sites is 3. The number of aliphatic imine (C=N–C) groups is 3. The molecule has 4 aliphatic carbocycles. The van der Waals surface area contributed by atoms with Crippen LogP contribution in [0.5, 0.6) is 0 Å². The van der Waals surface area contributed by atoms with Gasteiger partial charge in [-0.1, -0.05) is 121 Å². The van der Waals surface area contributed by atoms with Crippen LogP contribution in [-0.2, 0) is 70.5 Å². The number of pyridine rings is 4. The van der Waals surface area contributed by atoms with Crippen molar-refractivity contribution >= 4 is 70.5 Å². The molecule has 91 heavy (non-hydrogen) atoms. The van der Waals surface area contributed by atoms with Crippen molar-refractivity contribution in [2.45, 2.75) is 100 Å². The molecule has 0 spiro atoms. The molecule has 3 aliphatic heterocycles. The maximum absolute atomic E-state index is 11.1. The zero-order valence-corrected chi connectivity index (χ0v) is 53.8. The standard InChI is InChI=1S/C10H10O.C10H10.4C9H9N.2C8H8N2.C7H7N3/c1-7-3-2-4-8-5-9(11)6-10(7)8;1-8-4-2-5-9-6-3-7-10(8)9;1-7-5-10-6-8-3-2-4-9(7)8;1-7-3-2-4-8-5-10-6-9(7)8;1-7-5-6-10-9-4-2-3-8(7)9;1-7-3-2-4-8-5-6-10-9(7)8;1-6-2-3-10-8-5-9-4-7(6)8;1-10-6-9-7-4-2-3-5-8(7)10;1-10-5-9-7-6(10)3-2-4-8-7/h2-4H,5-6H2,1H3;2-5,7H,6H2,1H3;2,4-6H,3H2,1H3;2-4,6H,5H2,1H3;2-3,5-6H,4H2,1H3;2-4,6H,5H2,1H3;2-4H,5H2,1H3;2-6H,1H3;2-5H,1H3.